The molecule has 1 amide bonds. The number of carbonyl (C=O) groups is 1. The van der Waals surface area contributed by atoms with Crippen molar-refractivity contribution in [3.8, 4) is 5.75 Å². The maximum absolute atomic E-state index is 12.3. The Balaban J connectivity index is 2.72. The molecule has 118 valence electrons. The number of anilines is 2. The Hall–Kier alpha value is -1.75. The number of likely N-dealkylation sites (N-methyl/N-ethyl adjacent to an activating group) is 1. The zero-order chi connectivity index (χ0) is 16.0. The zero-order valence-corrected chi connectivity index (χ0v) is 13.6. The topological polar surface area (TPSA) is 67.6 Å². The van der Waals surface area contributed by atoms with Crippen molar-refractivity contribution in [3.63, 3.8) is 0 Å². The molecule has 0 spiro atoms. The summed E-state index contributed by atoms with van der Waals surface area (Å²) in [6, 6.07) is 5.38. The molecule has 2 unspecified atom stereocenters. The molecule has 0 saturated carbocycles. The second-order valence-electron chi connectivity index (χ2n) is 5.42. The lowest BCUT2D eigenvalue weighted by atomic mass is 10.1. The van der Waals surface area contributed by atoms with E-state index in [-0.39, 0.29) is 11.9 Å². The molecule has 21 heavy (non-hydrogen) atoms. The largest absolute Gasteiger partial charge is 0.497 e. The molecule has 3 N–H and O–H groups in total. The first-order chi connectivity index (χ1) is 9.90. The number of nitrogens with one attached hydrogen (secondary N) is 1. The van der Waals surface area contributed by atoms with Gasteiger partial charge in [0.25, 0.3) is 0 Å². The number of amides is 1. The second kappa shape index (κ2) is 7.88. The predicted octanol–water partition coefficient (Wildman–Crippen LogP) is 2.72. The van der Waals surface area contributed by atoms with Crippen LogP contribution in [0.1, 0.15) is 33.6 Å². The summed E-state index contributed by atoms with van der Waals surface area (Å²) in [5.41, 5.74) is 7.03. The average Bonchev–Trinajstić information content (AvgIpc) is 2.47. The molecule has 5 heteroatoms. The number of benzene rings is 1. The highest BCUT2D eigenvalue weighted by atomic mass is 16.5. The van der Waals surface area contributed by atoms with Crippen LogP contribution in [0.25, 0.3) is 0 Å². The summed E-state index contributed by atoms with van der Waals surface area (Å²) in [4.78, 5) is 14.4. The minimum atomic E-state index is -0.215. The number of hydrogen-bond acceptors (Lipinski definition) is 4. The van der Waals surface area contributed by atoms with E-state index in [1.165, 1.54) is 0 Å². The van der Waals surface area contributed by atoms with E-state index >= 15 is 0 Å². The third-order valence-corrected chi connectivity index (χ3v) is 3.91. The van der Waals surface area contributed by atoms with Crippen LogP contribution in [0.3, 0.4) is 0 Å². The maximum Gasteiger partial charge on any atom is 0.241 e. The fraction of sp³-hybridized carbons (Fsp3) is 0.562. The van der Waals surface area contributed by atoms with Gasteiger partial charge in [-0.15, -0.1) is 0 Å². The molecule has 1 rings (SSSR count). The summed E-state index contributed by atoms with van der Waals surface area (Å²) in [5, 5.41) is 2.88. The van der Waals surface area contributed by atoms with Crippen molar-refractivity contribution >= 4 is 17.3 Å². The summed E-state index contributed by atoms with van der Waals surface area (Å²) >= 11 is 0. The van der Waals surface area contributed by atoms with Gasteiger partial charge >= 0.3 is 0 Å². The Morgan fingerprint density at radius 1 is 1.43 bits per heavy atom. The molecule has 0 radical (unpaired) electrons. The summed E-state index contributed by atoms with van der Waals surface area (Å²) in [6.45, 7) is 6.18. The molecule has 0 aromatic heterocycles. The van der Waals surface area contributed by atoms with E-state index in [1.807, 2.05) is 14.0 Å². The lowest BCUT2D eigenvalue weighted by Gasteiger charge is -2.29. The summed E-state index contributed by atoms with van der Waals surface area (Å²) < 4.78 is 5.10. The monoisotopic (exact) mass is 293 g/mol. The molecule has 2 atom stereocenters. The fourth-order valence-electron chi connectivity index (χ4n) is 2.21. The number of methoxy groups -OCH3 is 1. The smallest absolute Gasteiger partial charge is 0.241 e. The lowest BCUT2D eigenvalue weighted by molar-refractivity contribution is -0.121. The molecule has 0 aliphatic carbocycles. The Bertz CT molecular complexity index is 477. The minimum Gasteiger partial charge on any atom is -0.497 e. The fourth-order valence-corrected chi connectivity index (χ4v) is 2.21. The molecule has 0 aliphatic rings. The number of nitrogen functional groups attached to an aromatic ring is 1. The molecule has 0 heterocycles. The number of nitrogens with two attached hydrogens (primary N) is 1. The van der Waals surface area contributed by atoms with Gasteiger partial charge in [0.2, 0.25) is 5.91 Å². The second-order valence-corrected chi connectivity index (χ2v) is 5.42. The Kier molecular flexibility index (Phi) is 6.49. The van der Waals surface area contributed by atoms with Crippen molar-refractivity contribution in [1.29, 1.82) is 0 Å². The van der Waals surface area contributed by atoms with Crippen molar-refractivity contribution < 1.29 is 9.53 Å². The summed E-state index contributed by atoms with van der Waals surface area (Å²) in [5.74, 6) is 0.615. The number of rotatable bonds is 7. The van der Waals surface area contributed by atoms with Crippen LogP contribution < -0.4 is 15.8 Å². The van der Waals surface area contributed by atoms with Gasteiger partial charge in [-0.1, -0.05) is 13.3 Å². The van der Waals surface area contributed by atoms with E-state index in [9.17, 15) is 4.79 Å². The van der Waals surface area contributed by atoms with E-state index in [0.717, 1.165) is 12.8 Å². The van der Waals surface area contributed by atoms with E-state index in [2.05, 4.69) is 24.1 Å². The third kappa shape index (κ3) is 4.63. The number of hydrogen-bond donors (Lipinski definition) is 2. The normalized spacial score (nSPS) is 13.8. The molecule has 1 aromatic rings. The van der Waals surface area contributed by atoms with Crippen LogP contribution in [-0.2, 0) is 4.79 Å². The maximum atomic E-state index is 12.3. The van der Waals surface area contributed by atoms with Crippen molar-refractivity contribution in [3.05, 3.63) is 18.2 Å². The SMILES string of the molecule is CCCC(C)N(C)C(C)C(=O)Nc1ccc(OC)cc1N. The van der Waals surface area contributed by atoms with Crippen LogP contribution in [-0.4, -0.2) is 37.0 Å². The van der Waals surface area contributed by atoms with Gasteiger partial charge in [-0.3, -0.25) is 9.69 Å². The van der Waals surface area contributed by atoms with E-state index in [1.54, 1.807) is 25.3 Å². The molecule has 0 aliphatic heterocycles. The highest BCUT2D eigenvalue weighted by Gasteiger charge is 2.22. The zero-order valence-electron chi connectivity index (χ0n) is 13.6. The van der Waals surface area contributed by atoms with Crippen LogP contribution in [0.4, 0.5) is 11.4 Å². The van der Waals surface area contributed by atoms with Gasteiger partial charge < -0.3 is 15.8 Å². The predicted molar refractivity (Wildman–Crippen MR) is 87.6 cm³/mol. The van der Waals surface area contributed by atoms with Gasteiger partial charge in [0.05, 0.1) is 24.5 Å². The van der Waals surface area contributed by atoms with Crippen molar-refractivity contribution in [1.82, 2.24) is 4.90 Å². The van der Waals surface area contributed by atoms with Crippen LogP contribution in [0.2, 0.25) is 0 Å². The van der Waals surface area contributed by atoms with E-state index in [0.29, 0.717) is 23.2 Å². The first-order valence-electron chi connectivity index (χ1n) is 7.37. The van der Waals surface area contributed by atoms with Gasteiger partial charge in [0, 0.05) is 12.1 Å². The molecule has 5 nitrogen and oxygen atoms in total. The number of carbonyl (C=O) groups excluding carboxylic acids is 1. The lowest BCUT2D eigenvalue weighted by Crippen LogP contribution is -2.44. The van der Waals surface area contributed by atoms with Crippen molar-refractivity contribution in [2.24, 2.45) is 0 Å². The van der Waals surface area contributed by atoms with E-state index in [4.69, 9.17) is 10.5 Å². The van der Waals surface area contributed by atoms with Gasteiger partial charge in [-0.2, -0.15) is 0 Å². The molecular formula is C16H27N3O2. The van der Waals surface area contributed by atoms with Crippen LogP contribution >= 0.6 is 0 Å². The van der Waals surface area contributed by atoms with Crippen LogP contribution in [0.5, 0.6) is 5.75 Å². The summed E-state index contributed by atoms with van der Waals surface area (Å²) in [7, 11) is 3.56. The quantitative estimate of drug-likeness (QED) is 0.759. The Morgan fingerprint density at radius 3 is 2.62 bits per heavy atom. The molecular weight excluding hydrogens is 266 g/mol. The van der Waals surface area contributed by atoms with Crippen LogP contribution in [0.15, 0.2) is 18.2 Å². The Morgan fingerprint density at radius 2 is 2.10 bits per heavy atom. The average molecular weight is 293 g/mol. The van der Waals surface area contributed by atoms with Crippen LogP contribution in [0, 0.1) is 0 Å². The number of nitrogens with zero attached hydrogens (tertiary/aromatic N) is 1. The number of ether oxygens (including phenoxy) is 1. The molecule has 0 fully saturated rings. The molecule has 0 bridgehead atoms. The van der Waals surface area contributed by atoms with E-state index < -0.39 is 0 Å². The van der Waals surface area contributed by atoms with Gasteiger partial charge in [0.15, 0.2) is 0 Å². The standard InChI is InChI=1S/C16H27N3O2/c1-6-7-11(2)19(4)12(3)16(20)18-15-9-8-13(21-5)10-14(15)17/h8-12H,6-7,17H2,1-5H3,(H,18,20). The van der Waals surface area contributed by atoms with Gasteiger partial charge in [-0.05, 0) is 39.4 Å². The highest BCUT2D eigenvalue weighted by molar-refractivity contribution is 5.97. The highest BCUT2D eigenvalue weighted by Crippen LogP contribution is 2.24. The molecule has 1 aromatic carbocycles. The molecule has 0 saturated heterocycles. The first kappa shape index (κ1) is 17.3. The Labute approximate surface area is 127 Å². The van der Waals surface area contributed by atoms with Crippen molar-refractivity contribution in [2.45, 2.75) is 45.7 Å². The third-order valence-electron chi connectivity index (χ3n) is 3.91. The minimum absolute atomic E-state index is 0.0580. The van der Waals surface area contributed by atoms with Gasteiger partial charge in [-0.25, -0.2) is 0 Å². The van der Waals surface area contributed by atoms with Crippen molar-refractivity contribution in [2.75, 3.05) is 25.2 Å². The van der Waals surface area contributed by atoms with Gasteiger partial charge in [0.1, 0.15) is 5.75 Å². The summed E-state index contributed by atoms with van der Waals surface area (Å²) in [6.07, 6.45) is 2.17. The first-order valence-corrected chi connectivity index (χ1v) is 7.37.